The van der Waals surface area contributed by atoms with Crippen LogP contribution in [-0.4, -0.2) is 22.7 Å². The highest BCUT2D eigenvalue weighted by molar-refractivity contribution is 5.94. The van der Waals surface area contributed by atoms with Gasteiger partial charge >= 0.3 is 0 Å². The molecule has 0 fully saturated rings. The van der Waals surface area contributed by atoms with Crippen molar-refractivity contribution in [3.63, 3.8) is 0 Å². The first-order valence-corrected chi connectivity index (χ1v) is 5.73. The number of fused-ring (bicyclic) bond motifs is 1. The zero-order chi connectivity index (χ0) is 12.4. The molecule has 2 unspecified atom stereocenters. The largest absolute Gasteiger partial charge is 0.374 e. The molecule has 3 heteroatoms. The molecule has 2 atom stereocenters. The lowest BCUT2D eigenvalue weighted by molar-refractivity contribution is 0.105. The van der Waals surface area contributed by atoms with Crippen LogP contribution in [0.2, 0.25) is 0 Å². The Morgan fingerprint density at radius 2 is 1.47 bits per heavy atom. The molecule has 0 aliphatic carbocycles. The molecule has 0 radical (unpaired) electrons. The van der Waals surface area contributed by atoms with E-state index < -0.39 is 12.5 Å². The van der Waals surface area contributed by atoms with E-state index in [0.717, 1.165) is 16.5 Å². The Balaban J connectivity index is 2.61. The van der Waals surface area contributed by atoms with E-state index in [9.17, 15) is 10.2 Å². The zero-order valence-electron chi connectivity index (χ0n) is 10.0. The Morgan fingerprint density at radius 3 is 2.12 bits per heavy atom. The van der Waals surface area contributed by atoms with E-state index in [1.807, 2.05) is 42.5 Å². The molecule has 3 nitrogen and oxygen atoms in total. The van der Waals surface area contributed by atoms with Gasteiger partial charge in [0, 0.05) is 11.1 Å². The van der Waals surface area contributed by atoms with Crippen molar-refractivity contribution in [3.8, 4) is 0 Å². The van der Waals surface area contributed by atoms with E-state index in [0.29, 0.717) is 0 Å². The van der Waals surface area contributed by atoms with E-state index in [1.54, 1.807) is 18.7 Å². The maximum Gasteiger partial charge on any atom is 0.126 e. The molecule has 2 aromatic rings. The highest BCUT2D eigenvalue weighted by atomic mass is 16.3. The number of rotatable bonds is 3. The number of aliphatic hydroxyl groups is 2. The third-order valence-electron chi connectivity index (χ3n) is 2.85. The van der Waals surface area contributed by atoms with Gasteiger partial charge < -0.3 is 15.1 Å². The Kier molecular flexibility index (Phi) is 3.31. The Bertz CT molecular complexity index is 495. The van der Waals surface area contributed by atoms with Gasteiger partial charge in [-0.3, -0.25) is 0 Å². The standard InChI is InChI=1S/C14H17NO2/c1-10(16)15(11(2)17)14-9-5-7-12-6-3-4-8-13(12)14/h3-11,16-17H,1-2H3. The molecule has 0 bridgehead atoms. The number of hydrogen-bond acceptors (Lipinski definition) is 3. The van der Waals surface area contributed by atoms with Gasteiger partial charge in [0.05, 0.1) is 0 Å². The van der Waals surface area contributed by atoms with E-state index in [2.05, 4.69) is 0 Å². The lowest BCUT2D eigenvalue weighted by atomic mass is 10.1. The van der Waals surface area contributed by atoms with Gasteiger partial charge in [-0.15, -0.1) is 0 Å². The van der Waals surface area contributed by atoms with Crippen molar-refractivity contribution in [2.45, 2.75) is 26.3 Å². The quantitative estimate of drug-likeness (QED) is 0.797. The molecular weight excluding hydrogens is 214 g/mol. The van der Waals surface area contributed by atoms with E-state index >= 15 is 0 Å². The number of aliphatic hydroxyl groups excluding tert-OH is 2. The van der Waals surface area contributed by atoms with E-state index in [4.69, 9.17) is 0 Å². The minimum absolute atomic E-state index is 0.735. The third-order valence-corrected chi connectivity index (χ3v) is 2.85. The summed E-state index contributed by atoms with van der Waals surface area (Å²) in [7, 11) is 0. The predicted octanol–water partition coefficient (Wildman–Crippen LogP) is 2.32. The van der Waals surface area contributed by atoms with Crippen LogP contribution in [0.25, 0.3) is 10.8 Å². The first kappa shape index (κ1) is 11.9. The molecule has 0 heterocycles. The molecule has 0 saturated carbocycles. The molecule has 90 valence electrons. The molecule has 0 aliphatic rings. The monoisotopic (exact) mass is 231 g/mol. The summed E-state index contributed by atoms with van der Waals surface area (Å²) in [6.07, 6.45) is -1.47. The number of hydrogen-bond donors (Lipinski definition) is 2. The summed E-state index contributed by atoms with van der Waals surface area (Å²) in [6, 6.07) is 13.8. The van der Waals surface area contributed by atoms with Crippen LogP contribution >= 0.6 is 0 Å². The zero-order valence-corrected chi connectivity index (χ0v) is 10.0. The molecule has 0 aliphatic heterocycles. The highest BCUT2D eigenvalue weighted by Gasteiger charge is 2.18. The van der Waals surface area contributed by atoms with Crippen LogP contribution in [-0.2, 0) is 0 Å². The molecule has 0 spiro atoms. The van der Waals surface area contributed by atoms with Crippen molar-refractivity contribution in [1.82, 2.24) is 0 Å². The fourth-order valence-electron chi connectivity index (χ4n) is 2.15. The van der Waals surface area contributed by atoms with Crippen molar-refractivity contribution in [1.29, 1.82) is 0 Å². The summed E-state index contributed by atoms with van der Waals surface area (Å²) in [6.45, 7) is 3.29. The molecule has 0 amide bonds. The summed E-state index contributed by atoms with van der Waals surface area (Å²) < 4.78 is 0. The van der Waals surface area contributed by atoms with Crippen molar-refractivity contribution in [3.05, 3.63) is 42.5 Å². The van der Waals surface area contributed by atoms with Crippen LogP contribution in [0.1, 0.15) is 13.8 Å². The van der Waals surface area contributed by atoms with E-state index in [-0.39, 0.29) is 0 Å². The molecule has 0 aromatic heterocycles. The second-order valence-electron chi connectivity index (χ2n) is 4.17. The number of anilines is 1. The van der Waals surface area contributed by atoms with Crippen LogP contribution in [0.3, 0.4) is 0 Å². The van der Waals surface area contributed by atoms with Gasteiger partial charge in [0.25, 0.3) is 0 Å². The van der Waals surface area contributed by atoms with Gasteiger partial charge in [-0.05, 0) is 25.3 Å². The van der Waals surface area contributed by atoms with Crippen LogP contribution < -0.4 is 4.90 Å². The average Bonchev–Trinajstić information content (AvgIpc) is 2.28. The molecule has 0 saturated heterocycles. The van der Waals surface area contributed by atoms with Gasteiger partial charge in [-0.2, -0.15) is 0 Å². The van der Waals surface area contributed by atoms with Crippen molar-refractivity contribution >= 4 is 16.5 Å². The van der Waals surface area contributed by atoms with Gasteiger partial charge in [0.15, 0.2) is 0 Å². The summed E-state index contributed by atoms with van der Waals surface area (Å²) >= 11 is 0. The topological polar surface area (TPSA) is 43.7 Å². The fraction of sp³-hybridized carbons (Fsp3) is 0.286. The van der Waals surface area contributed by atoms with Gasteiger partial charge in [-0.1, -0.05) is 36.4 Å². The molecule has 2 aromatic carbocycles. The van der Waals surface area contributed by atoms with Crippen LogP contribution in [0.15, 0.2) is 42.5 Å². The summed E-state index contributed by atoms with van der Waals surface area (Å²) in [5.41, 5.74) is 0.841. The Hall–Kier alpha value is -1.58. The molecule has 17 heavy (non-hydrogen) atoms. The Morgan fingerprint density at radius 1 is 0.882 bits per heavy atom. The number of nitrogens with zero attached hydrogens (tertiary/aromatic N) is 1. The van der Waals surface area contributed by atoms with Crippen LogP contribution in [0, 0.1) is 0 Å². The maximum atomic E-state index is 9.76. The average molecular weight is 231 g/mol. The normalized spacial score (nSPS) is 14.6. The van der Waals surface area contributed by atoms with Crippen molar-refractivity contribution < 1.29 is 10.2 Å². The van der Waals surface area contributed by atoms with Gasteiger partial charge in [0.2, 0.25) is 0 Å². The molecular formula is C14H17NO2. The predicted molar refractivity (Wildman–Crippen MR) is 69.8 cm³/mol. The minimum atomic E-state index is -0.735. The molecule has 2 N–H and O–H groups in total. The first-order valence-electron chi connectivity index (χ1n) is 5.73. The van der Waals surface area contributed by atoms with Crippen molar-refractivity contribution in [2.24, 2.45) is 0 Å². The second kappa shape index (κ2) is 4.73. The second-order valence-corrected chi connectivity index (χ2v) is 4.17. The lowest BCUT2D eigenvalue weighted by Crippen LogP contribution is -2.40. The minimum Gasteiger partial charge on any atom is -0.374 e. The third kappa shape index (κ3) is 2.25. The lowest BCUT2D eigenvalue weighted by Gasteiger charge is -2.31. The summed E-state index contributed by atoms with van der Waals surface area (Å²) in [5, 5.41) is 21.6. The summed E-state index contributed by atoms with van der Waals surface area (Å²) in [4.78, 5) is 1.59. The van der Waals surface area contributed by atoms with E-state index in [1.165, 1.54) is 0 Å². The highest BCUT2D eigenvalue weighted by Crippen LogP contribution is 2.28. The SMILES string of the molecule is CC(O)N(c1cccc2ccccc12)C(C)O. The summed E-state index contributed by atoms with van der Waals surface area (Å²) in [5.74, 6) is 0. The maximum absolute atomic E-state index is 9.76. The molecule has 2 rings (SSSR count). The smallest absolute Gasteiger partial charge is 0.126 e. The Labute approximate surface area is 101 Å². The first-order chi connectivity index (χ1) is 8.11. The van der Waals surface area contributed by atoms with Gasteiger partial charge in [-0.25, -0.2) is 0 Å². The van der Waals surface area contributed by atoms with Crippen LogP contribution in [0.5, 0.6) is 0 Å². The number of benzene rings is 2. The van der Waals surface area contributed by atoms with Crippen molar-refractivity contribution in [2.75, 3.05) is 4.90 Å². The fourth-order valence-corrected chi connectivity index (χ4v) is 2.15. The van der Waals surface area contributed by atoms with Gasteiger partial charge in [0.1, 0.15) is 12.5 Å². The van der Waals surface area contributed by atoms with Crippen LogP contribution in [0.4, 0.5) is 5.69 Å².